The van der Waals surface area contributed by atoms with Gasteiger partial charge in [-0.1, -0.05) is 0 Å². The maximum Gasteiger partial charge on any atom is 0.261 e. The topological polar surface area (TPSA) is 186 Å². The highest BCUT2D eigenvalue weighted by Crippen LogP contribution is 1.82. The average molecular weight is 430 g/mol. The van der Waals surface area contributed by atoms with E-state index in [4.69, 9.17) is 38.3 Å². The third-order valence-corrected chi connectivity index (χ3v) is 1.59. The van der Waals surface area contributed by atoms with E-state index in [0.29, 0.717) is 65.4 Å². The molecule has 0 fully saturated rings. The summed E-state index contributed by atoms with van der Waals surface area (Å²) in [4.78, 5) is 0. The van der Waals surface area contributed by atoms with Gasteiger partial charge in [0, 0.05) is 0 Å². The summed E-state index contributed by atoms with van der Waals surface area (Å²) < 4.78 is 72.1. The number of aliphatic hydroxyl groups is 2. The molecule has 0 aliphatic carbocycles. The van der Waals surface area contributed by atoms with Gasteiger partial charge in [-0.25, -0.2) is 0 Å². The minimum atomic E-state index is -3.67. The Labute approximate surface area is 154 Å². The van der Waals surface area contributed by atoms with E-state index in [1.54, 1.807) is 0 Å². The fourth-order valence-corrected chi connectivity index (χ4v) is 0.891. The SMILES string of the molecule is CS(=O)(=O)O.CS(=O)(=O)O.OCCOCCOCCOCCOCCO. The van der Waals surface area contributed by atoms with Crippen molar-refractivity contribution in [3.05, 3.63) is 0 Å². The minimum absolute atomic E-state index is 0.0386. The van der Waals surface area contributed by atoms with E-state index >= 15 is 0 Å². The van der Waals surface area contributed by atoms with E-state index in [-0.39, 0.29) is 13.2 Å². The van der Waals surface area contributed by atoms with Crippen molar-refractivity contribution in [2.45, 2.75) is 0 Å². The van der Waals surface area contributed by atoms with Crippen LogP contribution in [0, 0.1) is 0 Å². The van der Waals surface area contributed by atoms with E-state index in [1.807, 2.05) is 0 Å². The molecule has 26 heavy (non-hydrogen) atoms. The summed E-state index contributed by atoms with van der Waals surface area (Å²) >= 11 is 0. The summed E-state index contributed by atoms with van der Waals surface area (Å²) in [5.74, 6) is 0. The average Bonchev–Trinajstić information content (AvgIpc) is 2.45. The minimum Gasteiger partial charge on any atom is -0.394 e. The van der Waals surface area contributed by atoms with Crippen LogP contribution in [-0.4, -0.2) is 115 Å². The van der Waals surface area contributed by atoms with Gasteiger partial charge < -0.3 is 29.2 Å². The van der Waals surface area contributed by atoms with Crippen molar-refractivity contribution < 1.29 is 55.1 Å². The molecule has 0 spiro atoms. The largest absolute Gasteiger partial charge is 0.394 e. The quantitative estimate of drug-likeness (QED) is 0.187. The van der Waals surface area contributed by atoms with Crippen LogP contribution in [0.5, 0.6) is 0 Å². The molecule has 0 rings (SSSR count). The Morgan fingerprint density at radius 2 is 0.692 bits per heavy atom. The number of ether oxygens (including phenoxy) is 4. The first-order valence-corrected chi connectivity index (χ1v) is 11.0. The van der Waals surface area contributed by atoms with E-state index in [0.717, 1.165) is 0 Å². The third-order valence-electron chi connectivity index (χ3n) is 1.59. The van der Waals surface area contributed by atoms with Crippen LogP contribution in [0.15, 0.2) is 0 Å². The molecule has 0 aliphatic rings. The summed E-state index contributed by atoms with van der Waals surface area (Å²) in [6.07, 6.45) is 1.43. The maximum absolute atomic E-state index is 9.19. The zero-order chi connectivity index (χ0) is 20.9. The normalized spacial score (nSPS) is 11.2. The Bertz CT molecular complexity index is 403. The lowest BCUT2D eigenvalue weighted by Crippen LogP contribution is -2.13. The molecule has 0 aromatic heterocycles. The molecule has 0 amide bonds. The number of rotatable bonds is 13. The summed E-state index contributed by atoms with van der Waals surface area (Å²) in [7, 11) is -7.33. The van der Waals surface area contributed by atoms with Gasteiger partial charge in [-0.3, -0.25) is 9.11 Å². The van der Waals surface area contributed by atoms with Gasteiger partial charge in [-0.2, -0.15) is 16.8 Å². The van der Waals surface area contributed by atoms with Gasteiger partial charge in [-0.05, 0) is 0 Å². The van der Waals surface area contributed by atoms with E-state index in [9.17, 15) is 16.8 Å². The van der Waals surface area contributed by atoms with Crippen LogP contribution in [0.2, 0.25) is 0 Å². The fourth-order valence-electron chi connectivity index (χ4n) is 0.891. The van der Waals surface area contributed by atoms with Crippen molar-refractivity contribution in [1.82, 2.24) is 0 Å². The second kappa shape index (κ2) is 20.9. The van der Waals surface area contributed by atoms with Crippen LogP contribution in [0.25, 0.3) is 0 Å². The highest BCUT2D eigenvalue weighted by molar-refractivity contribution is 7.85. The molecule has 0 atom stereocenters. The summed E-state index contributed by atoms with van der Waals surface area (Å²) in [5.41, 5.74) is 0. The van der Waals surface area contributed by atoms with Gasteiger partial charge in [0.05, 0.1) is 78.6 Å². The molecule has 0 unspecified atom stereocenters. The standard InChI is InChI=1S/C10H22O6.2CH4O3S/c11-1-3-13-5-7-15-9-10-16-8-6-14-4-2-12;2*1-5(2,3)4/h11-12H,1-10H2;2*1H3,(H,2,3,4). The predicted molar refractivity (Wildman–Crippen MR) is 92.4 cm³/mol. The Kier molecular flexibility index (Phi) is 24.4. The molecule has 0 saturated carbocycles. The molecule has 14 heteroatoms. The summed E-state index contributed by atoms with van der Waals surface area (Å²) in [5, 5.41) is 16.8. The number of hydrogen-bond donors (Lipinski definition) is 4. The van der Waals surface area contributed by atoms with Gasteiger partial charge in [0.1, 0.15) is 0 Å². The van der Waals surface area contributed by atoms with Crippen LogP contribution in [-0.2, 0) is 39.2 Å². The number of aliphatic hydroxyl groups excluding tert-OH is 2. The number of hydrogen-bond acceptors (Lipinski definition) is 10. The maximum atomic E-state index is 9.19. The van der Waals surface area contributed by atoms with Crippen molar-refractivity contribution in [2.24, 2.45) is 0 Å². The van der Waals surface area contributed by atoms with Gasteiger partial charge >= 0.3 is 0 Å². The molecule has 12 nitrogen and oxygen atoms in total. The van der Waals surface area contributed by atoms with Crippen LogP contribution in [0.3, 0.4) is 0 Å². The molecule has 0 bridgehead atoms. The monoisotopic (exact) mass is 430 g/mol. The van der Waals surface area contributed by atoms with Crippen LogP contribution in [0.4, 0.5) is 0 Å². The zero-order valence-electron chi connectivity index (χ0n) is 14.9. The van der Waals surface area contributed by atoms with Crippen molar-refractivity contribution >= 4 is 20.2 Å². The second-order valence-electron chi connectivity index (χ2n) is 4.36. The summed E-state index contributed by atoms with van der Waals surface area (Å²) in [6.45, 7) is 3.79. The van der Waals surface area contributed by atoms with Crippen LogP contribution >= 0.6 is 0 Å². The van der Waals surface area contributed by atoms with E-state index < -0.39 is 20.2 Å². The molecule has 0 heterocycles. The lowest BCUT2D eigenvalue weighted by molar-refractivity contribution is -0.00856. The van der Waals surface area contributed by atoms with E-state index in [2.05, 4.69) is 0 Å². The summed E-state index contributed by atoms with van der Waals surface area (Å²) in [6, 6.07) is 0. The van der Waals surface area contributed by atoms with Crippen molar-refractivity contribution in [3.63, 3.8) is 0 Å². The third kappa shape index (κ3) is 76.0. The Morgan fingerprint density at radius 3 is 0.846 bits per heavy atom. The molecular formula is C12H30O12S2. The first kappa shape index (κ1) is 30.3. The second-order valence-corrected chi connectivity index (χ2v) is 7.29. The first-order valence-electron chi connectivity index (χ1n) is 7.29. The molecule has 162 valence electrons. The molecule has 0 aromatic rings. The van der Waals surface area contributed by atoms with Gasteiger partial charge in [0.25, 0.3) is 20.2 Å². The zero-order valence-corrected chi connectivity index (χ0v) is 16.6. The van der Waals surface area contributed by atoms with Crippen molar-refractivity contribution in [1.29, 1.82) is 0 Å². The van der Waals surface area contributed by atoms with Gasteiger partial charge in [0.15, 0.2) is 0 Å². The van der Waals surface area contributed by atoms with Crippen molar-refractivity contribution in [2.75, 3.05) is 78.6 Å². The lowest BCUT2D eigenvalue weighted by atomic mass is 10.7. The van der Waals surface area contributed by atoms with Crippen molar-refractivity contribution in [3.8, 4) is 0 Å². The highest BCUT2D eigenvalue weighted by Gasteiger charge is 1.91. The van der Waals surface area contributed by atoms with E-state index in [1.165, 1.54) is 0 Å². The molecule has 0 aromatic carbocycles. The molecule has 0 radical (unpaired) electrons. The smallest absolute Gasteiger partial charge is 0.261 e. The Hall–Kier alpha value is -0.420. The lowest BCUT2D eigenvalue weighted by Gasteiger charge is -2.06. The van der Waals surface area contributed by atoms with Crippen LogP contribution in [0.1, 0.15) is 0 Å². The Balaban J connectivity index is -0.000000433. The predicted octanol–water partition coefficient (Wildman–Crippen LogP) is -1.95. The first-order chi connectivity index (χ1) is 11.9. The van der Waals surface area contributed by atoms with Gasteiger partial charge in [-0.15, -0.1) is 0 Å². The fraction of sp³-hybridized carbons (Fsp3) is 1.00. The van der Waals surface area contributed by atoms with Gasteiger partial charge in [0.2, 0.25) is 0 Å². The highest BCUT2D eigenvalue weighted by atomic mass is 32.2. The molecule has 4 N–H and O–H groups in total. The van der Waals surface area contributed by atoms with Crippen LogP contribution < -0.4 is 0 Å². The molecular weight excluding hydrogens is 400 g/mol. The molecule has 0 aliphatic heterocycles. The molecule has 0 saturated heterocycles. The Morgan fingerprint density at radius 1 is 0.538 bits per heavy atom.